The van der Waals surface area contributed by atoms with Gasteiger partial charge >= 0.3 is 0 Å². The highest BCUT2D eigenvalue weighted by Crippen LogP contribution is 2.21. The molecule has 18 heavy (non-hydrogen) atoms. The van der Waals surface area contributed by atoms with Gasteiger partial charge in [0.2, 0.25) is 5.88 Å². The first kappa shape index (κ1) is 12.6. The molecule has 1 aromatic heterocycles. The summed E-state index contributed by atoms with van der Waals surface area (Å²) in [7, 11) is 0. The zero-order valence-corrected chi connectivity index (χ0v) is 9.87. The lowest BCUT2D eigenvalue weighted by atomic mass is 10.1. The van der Waals surface area contributed by atoms with Crippen LogP contribution in [0.4, 0.5) is 11.5 Å². The van der Waals surface area contributed by atoms with E-state index in [1.807, 2.05) is 0 Å². The van der Waals surface area contributed by atoms with Crippen LogP contribution in [0, 0.1) is 10.1 Å². The number of nitrogens with two attached hydrogens (primary N) is 1. The van der Waals surface area contributed by atoms with Crippen LogP contribution >= 0.6 is 0 Å². The van der Waals surface area contributed by atoms with E-state index < -0.39 is 4.92 Å². The molecule has 2 heterocycles. The first-order valence-electron chi connectivity index (χ1n) is 5.81. The van der Waals surface area contributed by atoms with Gasteiger partial charge in [-0.05, 0) is 19.3 Å². The van der Waals surface area contributed by atoms with Crippen LogP contribution in [-0.2, 0) is 4.74 Å². The maximum Gasteiger partial charge on any atom is 0.278 e. The summed E-state index contributed by atoms with van der Waals surface area (Å²) < 4.78 is 10.9. The van der Waals surface area contributed by atoms with E-state index in [0.717, 1.165) is 25.9 Å². The third-order valence-corrected chi connectivity index (χ3v) is 2.71. The fraction of sp³-hybridized carbons (Fsp3) is 0.545. The fourth-order valence-electron chi connectivity index (χ4n) is 1.81. The van der Waals surface area contributed by atoms with E-state index in [9.17, 15) is 10.1 Å². The summed E-state index contributed by atoms with van der Waals surface area (Å²) >= 11 is 0. The maximum absolute atomic E-state index is 10.7. The molecular formula is C11H15N3O4. The standard InChI is InChI=1S/C11H15N3O4/c12-10-5-8(14(15)16)6-11(13-10)18-7-9-3-1-2-4-17-9/h5-6,9H,1-4,7H2,(H2,12,13). The van der Waals surface area contributed by atoms with Crippen LogP contribution in [0.15, 0.2) is 12.1 Å². The number of hydrogen-bond donors (Lipinski definition) is 1. The Kier molecular flexibility index (Phi) is 3.93. The van der Waals surface area contributed by atoms with Crippen molar-refractivity contribution in [1.29, 1.82) is 0 Å². The summed E-state index contributed by atoms with van der Waals surface area (Å²) in [6.45, 7) is 1.08. The maximum atomic E-state index is 10.7. The van der Waals surface area contributed by atoms with E-state index in [1.54, 1.807) is 0 Å². The van der Waals surface area contributed by atoms with Crippen molar-refractivity contribution in [1.82, 2.24) is 4.98 Å². The molecule has 0 radical (unpaired) electrons. The topological polar surface area (TPSA) is 101 Å². The van der Waals surface area contributed by atoms with Gasteiger partial charge in [-0.25, -0.2) is 0 Å². The zero-order chi connectivity index (χ0) is 13.0. The van der Waals surface area contributed by atoms with Crippen LogP contribution in [-0.4, -0.2) is 29.2 Å². The molecule has 1 atom stereocenters. The Bertz CT molecular complexity index is 432. The van der Waals surface area contributed by atoms with Crippen molar-refractivity contribution in [3.05, 3.63) is 22.2 Å². The molecule has 2 rings (SSSR count). The summed E-state index contributed by atoms with van der Waals surface area (Å²) in [4.78, 5) is 14.0. The first-order chi connectivity index (χ1) is 8.65. The Morgan fingerprint density at radius 2 is 2.39 bits per heavy atom. The average molecular weight is 253 g/mol. The number of ether oxygens (including phenoxy) is 2. The molecule has 7 heteroatoms. The van der Waals surface area contributed by atoms with Gasteiger partial charge in [0.05, 0.1) is 23.2 Å². The summed E-state index contributed by atoms with van der Waals surface area (Å²) in [5, 5.41) is 10.7. The molecule has 1 fully saturated rings. The number of aromatic nitrogens is 1. The van der Waals surface area contributed by atoms with Gasteiger partial charge in [0.15, 0.2) is 0 Å². The number of pyridine rings is 1. The van der Waals surface area contributed by atoms with Crippen LogP contribution in [0.25, 0.3) is 0 Å². The Labute approximate surface area is 104 Å². The molecule has 0 aliphatic carbocycles. The Morgan fingerprint density at radius 3 is 3.06 bits per heavy atom. The largest absolute Gasteiger partial charge is 0.475 e. The second kappa shape index (κ2) is 5.63. The van der Waals surface area contributed by atoms with E-state index in [2.05, 4.69) is 4.98 Å². The molecular weight excluding hydrogens is 238 g/mol. The van der Waals surface area contributed by atoms with E-state index in [1.165, 1.54) is 12.1 Å². The third kappa shape index (κ3) is 3.30. The van der Waals surface area contributed by atoms with Crippen molar-refractivity contribution < 1.29 is 14.4 Å². The molecule has 0 bridgehead atoms. The van der Waals surface area contributed by atoms with Gasteiger partial charge in [-0.2, -0.15) is 4.98 Å². The summed E-state index contributed by atoms with van der Waals surface area (Å²) in [5.41, 5.74) is 5.36. The molecule has 0 spiro atoms. The van der Waals surface area contributed by atoms with Crippen molar-refractivity contribution in [3.8, 4) is 5.88 Å². The number of nitrogen functional groups attached to an aromatic ring is 1. The third-order valence-electron chi connectivity index (χ3n) is 2.71. The monoisotopic (exact) mass is 253 g/mol. The van der Waals surface area contributed by atoms with Gasteiger partial charge in [0.25, 0.3) is 5.69 Å². The number of rotatable bonds is 4. The van der Waals surface area contributed by atoms with Gasteiger partial charge < -0.3 is 15.2 Å². The minimum atomic E-state index is -0.526. The molecule has 1 saturated heterocycles. The lowest BCUT2D eigenvalue weighted by Gasteiger charge is -2.22. The molecule has 1 aromatic rings. The SMILES string of the molecule is Nc1cc([N+](=O)[O-])cc(OCC2CCCCO2)n1. The summed E-state index contributed by atoms with van der Waals surface area (Å²) in [6.07, 6.45) is 3.14. The molecule has 2 N–H and O–H groups in total. The van der Waals surface area contributed by atoms with Crippen molar-refractivity contribution in [2.24, 2.45) is 0 Å². The Hall–Kier alpha value is -1.89. The summed E-state index contributed by atoms with van der Waals surface area (Å²) in [5.74, 6) is 0.236. The first-order valence-corrected chi connectivity index (χ1v) is 5.81. The van der Waals surface area contributed by atoms with Crippen molar-refractivity contribution >= 4 is 11.5 Å². The van der Waals surface area contributed by atoms with Crippen LogP contribution in [0.3, 0.4) is 0 Å². The van der Waals surface area contributed by atoms with Gasteiger partial charge in [0, 0.05) is 6.61 Å². The van der Waals surface area contributed by atoms with E-state index >= 15 is 0 Å². The minimum absolute atomic E-state index is 0.0287. The predicted octanol–water partition coefficient (Wildman–Crippen LogP) is 1.52. The molecule has 1 aliphatic heterocycles. The second-order valence-electron chi connectivity index (χ2n) is 4.15. The number of hydrogen-bond acceptors (Lipinski definition) is 6. The van der Waals surface area contributed by atoms with E-state index in [-0.39, 0.29) is 23.5 Å². The molecule has 0 amide bonds. The highest BCUT2D eigenvalue weighted by atomic mass is 16.6. The number of nitrogens with zero attached hydrogens (tertiary/aromatic N) is 2. The van der Waals surface area contributed by atoms with Gasteiger partial charge in [-0.1, -0.05) is 0 Å². The van der Waals surface area contributed by atoms with Gasteiger partial charge in [0.1, 0.15) is 12.4 Å². The normalized spacial score (nSPS) is 19.4. The smallest absolute Gasteiger partial charge is 0.278 e. The van der Waals surface area contributed by atoms with Gasteiger partial charge in [-0.15, -0.1) is 0 Å². The van der Waals surface area contributed by atoms with Crippen LogP contribution in [0.2, 0.25) is 0 Å². The molecule has 1 aliphatic rings. The van der Waals surface area contributed by atoms with Crippen molar-refractivity contribution in [3.63, 3.8) is 0 Å². The van der Waals surface area contributed by atoms with E-state index in [4.69, 9.17) is 15.2 Å². The summed E-state index contributed by atoms with van der Waals surface area (Å²) in [6, 6.07) is 2.46. The average Bonchev–Trinajstić information content (AvgIpc) is 2.37. The fourth-order valence-corrected chi connectivity index (χ4v) is 1.81. The van der Waals surface area contributed by atoms with E-state index in [0.29, 0.717) is 6.61 Å². The van der Waals surface area contributed by atoms with Crippen LogP contribution < -0.4 is 10.5 Å². The van der Waals surface area contributed by atoms with Crippen molar-refractivity contribution in [2.45, 2.75) is 25.4 Å². The highest BCUT2D eigenvalue weighted by Gasteiger charge is 2.16. The van der Waals surface area contributed by atoms with Gasteiger partial charge in [-0.3, -0.25) is 10.1 Å². The molecule has 0 saturated carbocycles. The lowest BCUT2D eigenvalue weighted by Crippen LogP contribution is -2.26. The second-order valence-corrected chi connectivity index (χ2v) is 4.15. The number of anilines is 1. The lowest BCUT2D eigenvalue weighted by molar-refractivity contribution is -0.384. The molecule has 0 aromatic carbocycles. The number of nitro groups is 1. The zero-order valence-electron chi connectivity index (χ0n) is 9.87. The predicted molar refractivity (Wildman–Crippen MR) is 64.4 cm³/mol. The Balaban J connectivity index is 1.97. The highest BCUT2D eigenvalue weighted by molar-refractivity contribution is 5.45. The van der Waals surface area contributed by atoms with Crippen LogP contribution in [0.5, 0.6) is 5.88 Å². The minimum Gasteiger partial charge on any atom is -0.475 e. The molecule has 98 valence electrons. The molecule has 1 unspecified atom stereocenters. The van der Waals surface area contributed by atoms with Crippen molar-refractivity contribution in [2.75, 3.05) is 18.9 Å². The quantitative estimate of drug-likeness (QED) is 0.645. The molecule has 7 nitrogen and oxygen atoms in total. The Morgan fingerprint density at radius 1 is 1.56 bits per heavy atom. The van der Waals surface area contributed by atoms with Crippen LogP contribution in [0.1, 0.15) is 19.3 Å².